The van der Waals surface area contributed by atoms with E-state index in [4.69, 9.17) is 5.73 Å². The Balaban J connectivity index is 2.24. The minimum absolute atomic E-state index is 0.00541. The van der Waals surface area contributed by atoms with Crippen LogP contribution in [0, 0.1) is 0 Å². The predicted octanol–water partition coefficient (Wildman–Crippen LogP) is 1.26. The number of nitrogens with one attached hydrogen (secondary N) is 1. The lowest BCUT2D eigenvalue weighted by Crippen LogP contribution is -2.40. The first-order chi connectivity index (χ1) is 9.39. The van der Waals surface area contributed by atoms with Gasteiger partial charge < -0.3 is 11.1 Å². The van der Waals surface area contributed by atoms with Gasteiger partial charge in [0, 0.05) is 30.4 Å². The summed E-state index contributed by atoms with van der Waals surface area (Å²) in [5, 5.41) is 6.37. The van der Waals surface area contributed by atoms with Crippen LogP contribution in [0.4, 0.5) is 0 Å². The van der Waals surface area contributed by atoms with Gasteiger partial charge in [0.2, 0.25) is 5.91 Å². The second-order valence-corrected chi connectivity index (χ2v) is 7.13. The summed E-state index contributed by atoms with van der Waals surface area (Å²) in [5.74, 6) is -0.308. The van der Waals surface area contributed by atoms with Gasteiger partial charge in [-0.15, -0.1) is 11.3 Å². The molecule has 1 fully saturated rings. The molecular formula is C14H24N4OS. The number of hydrogen-bond donors (Lipinski definition) is 2. The highest BCUT2D eigenvalue weighted by Crippen LogP contribution is 2.29. The van der Waals surface area contributed by atoms with E-state index < -0.39 is 6.04 Å². The molecule has 1 aliphatic heterocycles. The highest BCUT2D eigenvalue weighted by atomic mass is 32.1. The third-order valence-corrected chi connectivity index (χ3v) is 4.74. The smallest absolute Gasteiger partial charge is 0.241 e. The van der Waals surface area contributed by atoms with E-state index in [0.717, 1.165) is 43.3 Å². The summed E-state index contributed by atoms with van der Waals surface area (Å²) in [6.07, 6.45) is 1.03. The SMILES string of the molecule is CC(C)(C)c1nc(C(C(N)=O)N2CCCNCC2)cs1. The van der Waals surface area contributed by atoms with Crippen molar-refractivity contribution in [3.63, 3.8) is 0 Å². The van der Waals surface area contributed by atoms with E-state index in [1.807, 2.05) is 5.38 Å². The van der Waals surface area contributed by atoms with Crippen molar-refractivity contribution in [3.8, 4) is 0 Å². The van der Waals surface area contributed by atoms with Crippen molar-refractivity contribution in [1.82, 2.24) is 15.2 Å². The number of nitrogens with two attached hydrogens (primary N) is 1. The van der Waals surface area contributed by atoms with Gasteiger partial charge in [0.15, 0.2) is 0 Å². The molecule has 0 spiro atoms. The molecular weight excluding hydrogens is 272 g/mol. The van der Waals surface area contributed by atoms with E-state index in [-0.39, 0.29) is 11.3 Å². The molecule has 0 aromatic carbocycles. The van der Waals surface area contributed by atoms with Crippen molar-refractivity contribution in [2.45, 2.75) is 38.6 Å². The van der Waals surface area contributed by atoms with Gasteiger partial charge in [0.1, 0.15) is 6.04 Å². The third kappa shape index (κ3) is 3.56. The van der Waals surface area contributed by atoms with Crippen LogP contribution in [0.1, 0.15) is 43.9 Å². The molecule has 20 heavy (non-hydrogen) atoms. The summed E-state index contributed by atoms with van der Waals surface area (Å²) in [6.45, 7) is 9.98. The Morgan fingerprint density at radius 3 is 2.80 bits per heavy atom. The highest BCUT2D eigenvalue weighted by molar-refractivity contribution is 7.09. The fraction of sp³-hybridized carbons (Fsp3) is 0.714. The van der Waals surface area contributed by atoms with Crippen molar-refractivity contribution in [3.05, 3.63) is 16.1 Å². The number of nitrogens with zero attached hydrogens (tertiary/aromatic N) is 2. The van der Waals surface area contributed by atoms with Gasteiger partial charge in [0.05, 0.1) is 10.7 Å². The van der Waals surface area contributed by atoms with Crippen molar-refractivity contribution in [2.75, 3.05) is 26.2 Å². The number of hydrogen-bond acceptors (Lipinski definition) is 5. The lowest BCUT2D eigenvalue weighted by Gasteiger charge is -2.26. The average Bonchev–Trinajstić information content (AvgIpc) is 2.67. The molecule has 2 heterocycles. The Kier molecular flexibility index (Phi) is 4.78. The molecule has 5 nitrogen and oxygen atoms in total. The summed E-state index contributed by atoms with van der Waals surface area (Å²) in [5.41, 5.74) is 6.44. The number of thiazole rings is 1. The first-order valence-corrected chi connectivity index (χ1v) is 7.97. The van der Waals surface area contributed by atoms with Crippen LogP contribution in [0.3, 0.4) is 0 Å². The molecule has 0 bridgehead atoms. The van der Waals surface area contributed by atoms with E-state index in [1.165, 1.54) is 0 Å². The molecule has 3 N–H and O–H groups in total. The van der Waals surface area contributed by atoms with Crippen LogP contribution in [0.2, 0.25) is 0 Å². The largest absolute Gasteiger partial charge is 0.368 e. The summed E-state index contributed by atoms with van der Waals surface area (Å²) in [7, 11) is 0. The van der Waals surface area contributed by atoms with Crippen LogP contribution >= 0.6 is 11.3 Å². The van der Waals surface area contributed by atoms with Crippen LogP contribution in [0.5, 0.6) is 0 Å². The first-order valence-electron chi connectivity index (χ1n) is 7.09. The number of carbonyl (C=O) groups excluding carboxylic acids is 1. The number of primary amides is 1. The van der Waals surface area contributed by atoms with Crippen molar-refractivity contribution in [1.29, 1.82) is 0 Å². The van der Waals surface area contributed by atoms with Crippen molar-refractivity contribution in [2.24, 2.45) is 5.73 Å². The Morgan fingerprint density at radius 1 is 1.45 bits per heavy atom. The Morgan fingerprint density at radius 2 is 2.20 bits per heavy atom. The molecule has 1 aliphatic rings. The number of amides is 1. The first kappa shape index (κ1) is 15.4. The maximum atomic E-state index is 11.9. The zero-order chi connectivity index (χ0) is 14.8. The van der Waals surface area contributed by atoms with Crippen LogP contribution in [-0.4, -0.2) is 42.0 Å². The van der Waals surface area contributed by atoms with E-state index in [1.54, 1.807) is 11.3 Å². The Labute approximate surface area is 124 Å². The molecule has 1 saturated heterocycles. The van der Waals surface area contributed by atoms with E-state index >= 15 is 0 Å². The van der Waals surface area contributed by atoms with Gasteiger partial charge in [-0.2, -0.15) is 0 Å². The Hall–Kier alpha value is -0.980. The van der Waals surface area contributed by atoms with E-state index in [2.05, 4.69) is 36.0 Å². The fourth-order valence-electron chi connectivity index (χ4n) is 2.39. The lowest BCUT2D eigenvalue weighted by molar-refractivity contribution is -0.123. The second kappa shape index (κ2) is 6.20. The van der Waals surface area contributed by atoms with Gasteiger partial charge in [-0.3, -0.25) is 9.69 Å². The number of carbonyl (C=O) groups is 1. The minimum Gasteiger partial charge on any atom is -0.368 e. The highest BCUT2D eigenvalue weighted by Gasteiger charge is 2.30. The number of rotatable bonds is 3. The fourth-order valence-corrected chi connectivity index (χ4v) is 3.32. The van der Waals surface area contributed by atoms with Crippen LogP contribution in [0.25, 0.3) is 0 Å². The molecule has 1 aromatic heterocycles. The monoisotopic (exact) mass is 296 g/mol. The van der Waals surface area contributed by atoms with E-state index in [9.17, 15) is 4.79 Å². The molecule has 1 unspecified atom stereocenters. The van der Waals surface area contributed by atoms with Crippen LogP contribution in [-0.2, 0) is 10.2 Å². The Bertz CT molecular complexity index is 458. The molecule has 0 saturated carbocycles. The molecule has 112 valence electrons. The van der Waals surface area contributed by atoms with Gasteiger partial charge in [0.25, 0.3) is 0 Å². The maximum absolute atomic E-state index is 11.9. The lowest BCUT2D eigenvalue weighted by atomic mass is 9.98. The van der Waals surface area contributed by atoms with Gasteiger partial charge in [-0.25, -0.2) is 4.98 Å². The molecule has 1 atom stereocenters. The summed E-state index contributed by atoms with van der Waals surface area (Å²) >= 11 is 1.61. The predicted molar refractivity (Wildman–Crippen MR) is 81.8 cm³/mol. The minimum atomic E-state index is -0.401. The molecule has 1 amide bonds. The summed E-state index contributed by atoms with van der Waals surface area (Å²) < 4.78 is 0. The van der Waals surface area contributed by atoms with Crippen LogP contribution in [0.15, 0.2) is 5.38 Å². The maximum Gasteiger partial charge on any atom is 0.241 e. The number of aromatic nitrogens is 1. The zero-order valence-corrected chi connectivity index (χ0v) is 13.3. The molecule has 1 aromatic rings. The van der Waals surface area contributed by atoms with Gasteiger partial charge >= 0.3 is 0 Å². The van der Waals surface area contributed by atoms with Crippen molar-refractivity contribution >= 4 is 17.2 Å². The summed E-state index contributed by atoms with van der Waals surface area (Å²) in [6, 6.07) is -0.401. The average molecular weight is 296 g/mol. The summed E-state index contributed by atoms with van der Waals surface area (Å²) in [4.78, 5) is 18.7. The van der Waals surface area contributed by atoms with Gasteiger partial charge in [-0.05, 0) is 13.0 Å². The zero-order valence-electron chi connectivity index (χ0n) is 12.5. The quantitative estimate of drug-likeness (QED) is 0.881. The normalized spacial score (nSPS) is 19.6. The van der Waals surface area contributed by atoms with E-state index in [0.29, 0.717) is 0 Å². The molecule has 0 radical (unpaired) electrons. The second-order valence-electron chi connectivity index (χ2n) is 6.27. The molecule has 0 aliphatic carbocycles. The standard InChI is InChI=1S/C14H24N4OS/c1-14(2,3)13-17-10(9-20-13)11(12(15)19)18-7-4-5-16-6-8-18/h9,11,16H,4-8H2,1-3H3,(H2,15,19). The molecule has 2 rings (SSSR count). The van der Waals surface area contributed by atoms with Crippen molar-refractivity contribution < 1.29 is 4.79 Å². The topological polar surface area (TPSA) is 71.2 Å². The molecule has 6 heteroatoms. The van der Waals surface area contributed by atoms with Crippen LogP contribution < -0.4 is 11.1 Å². The van der Waals surface area contributed by atoms with Gasteiger partial charge in [-0.1, -0.05) is 20.8 Å². The third-order valence-electron chi connectivity index (χ3n) is 3.45.